The minimum atomic E-state index is -0.542. The Morgan fingerprint density at radius 1 is 0.844 bits per heavy atom. The molecule has 0 aromatic heterocycles. The number of anilines is 1. The van der Waals surface area contributed by atoms with Gasteiger partial charge < -0.3 is 4.74 Å². The molecule has 6 nitrogen and oxygen atoms in total. The molecule has 0 radical (unpaired) electrons. The molecule has 3 aromatic carbocycles. The first kappa shape index (κ1) is 21.6. The molecule has 0 saturated carbocycles. The van der Waals surface area contributed by atoms with E-state index in [2.05, 4.69) is 35.1 Å². The zero-order valence-corrected chi connectivity index (χ0v) is 18.3. The SMILES string of the molecule is CC(C)(C)ONC(=O)c1ccc(NC(=O)OCC2c3ccccc3-c3ccccc32)cc1. The fourth-order valence-corrected chi connectivity index (χ4v) is 3.72. The zero-order valence-electron chi connectivity index (χ0n) is 18.3. The van der Waals surface area contributed by atoms with Crippen LogP contribution in [0, 0.1) is 0 Å². The third-order valence-corrected chi connectivity index (χ3v) is 5.19. The largest absolute Gasteiger partial charge is 0.448 e. The number of hydroxylamine groups is 1. The van der Waals surface area contributed by atoms with E-state index in [1.165, 1.54) is 11.1 Å². The van der Waals surface area contributed by atoms with Crippen LogP contribution in [0.2, 0.25) is 0 Å². The number of hydrogen-bond acceptors (Lipinski definition) is 4. The number of nitrogens with one attached hydrogen (secondary N) is 2. The number of carbonyl (C=O) groups is 2. The van der Waals surface area contributed by atoms with Crippen molar-refractivity contribution in [3.63, 3.8) is 0 Å². The highest BCUT2D eigenvalue weighted by atomic mass is 16.7. The summed E-state index contributed by atoms with van der Waals surface area (Å²) in [7, 11) is 0. The van der Waals surface area contributed by atoms with E-state index in [4.69, 9.17) is 9.57 Å². The molecule has 0 unspecified atom stereocenters. The fraction of sp³-hybridized carbons (Fsp3) is 0.231. The number of carbonyl (C=O) groups excluding carboxylic acids is 2. The zero-order chi connectivity index (χ0) is 22.7. The first-order valence-corrected chi connectivity index (χ1v) is 10.5. The van der Waals surface area contributed by atoms with Gasteiger partial charge in [0, 0.05) is 17.2 Å². The van der Waals surface area contributed by atoms with Crippen LogP contribution in [-0.4, -0.2) is 24.2 Å². The smallest absolute Gasteiger partial charge is 0.411 e. The van der Waals surface area contributed by atoms with Crippen molar-refractivity contribution in [2.75, 3.05) is 11.9 Å². The standard InChI is InChI=1S/C26H26N2O4/c1-26(2,3)32-28-24(29)17-12-14-18(15-13-17)27-25(30)31-16-23-21-10-6-4-8-19(21)20-9-5-7-11-22(20)23/h4-15,23H,16H2,1-3H3,(H,27,30)(H,28,29). The summed E-state index contributed by atoms with van der Waals surface area (Å²) >= 11 is 0. The molecule has 164 valence electrons. The monoisotopic (exact) mass is 430 g/mol. The predicted octanol–water partition coefficient (Wildman–Crippen LogP) is 5.51. The molecule has 0 bridgehead atoms. The Morgan fingerprint density at radius 3 is 1.97 bits per heavy atom. The molecule has 4 rings (SSSR count). The lowest BCUT2D eigenvalue weighted by Crippen LogP contribution is -2.33. The predicted molar refractivity (Wildman–Crippen MR) is 123 cm³/mol. The molecule has 6 heteroatoms. The first-order chi connectivity index (χ1) is 15.3. The van der Waals surface area contributed by atoms with Crippen LogP contribution in [0.15, 0.2) is 72.8 Å². The summed E-state index contributed by atoms with van der Waals surface area (Å²) in [5.41, 5.74) is 7.58. The number of hydrogen-bond donors (Lipinski definition) is 2. The van der Waals surface area contributed by atoms with E-state index in [1.807, 2.05) is 45.0 Å². The third-order valence-electron chi connectivity index (χ3n) is 5.19. The van der Waals surface area contributed by atoms with Crippen LogP contribution in [-0.2, 0) is 9.57 Å². The maximum atomic E-state index is 12.4. The molecular weight excluding hydrogens is 404 g/mol. The second-order valence-electron chi connectivity index (χ2n) is 8.67. The van der Waals surface area contributed by atoms with Gasteiger partial charge in [-0.2, -0.15) is 0 Å². The van der Waals surface area contributed by atoms with Crippen molar-refractivity contribution in [2.45, 2.75) is 32.3 Å². The molecule has 0 saturated heterocycles. The normalized spacial score (nSPS) is 12.6. The van der Waals surface area contributed by atoms with Gasteiger partial charge in [0.15, 0.2) is 0 Å². The Balaban J connectivity index is 1.35. The molecule has 3 aromatic rings. The van der Waals surface area contributed by atoms with Gasteiger partial charge >= 0.3 is 6.09 Å². The van der Waals surface area contributed by atoms with Gasteiger partial charge in [-0.3, -0.25) is 14.9 Å². The molecule has 2 amide bonds. The van der Waals surface area contributed by atoms with E-state index < -0.39 is 11.7 Å². The van der Waals surface area contributed by atoms with Gasteiger partial charge in [-0.05, 0) is 67.3 Å². The van der Waals surface area contributed by atoms with E-state index in [0.717, 1.165) is 11.1 Å². The van der Waals surface area contributed by atoms with Gasteiger partial charge in [0.05, 0.1) is 5.60 Å². The summed E-state index contributed by atoms with van der Waals surface area (Å²) in [6, 6.07) is 22.9. The highest BCUT2D eigenvalue weighted by Crippen LogP contribution is 2.44. The molecule has 1 aliphatic carbocycles. The molecular formula is C26H26N2O4. The van der Waals surface area contributed by atoms with Crippen LogP contribution in [0.1, 0.15) is 48.2 Å². The highest BCUT2D eigenvalue weighted by Gasteiger charge is 2.29. The van der Waals surface area contributed by atoms with E-state index in [9.17, 15) is 9.59 Å². The molecule has 0 heterocycles. The van der Waals surface area contributed by atoms with Gasteiger partial charge in [-0.25, -0.2) is 10.3 Å². The van der Waals surface area contributed by atoms with Crippen molar-refractivity contribution >= 4 is 17.7 Å². The van der Waals surface area contributed by atoms with Gasteiger partial charge in [-0.15, -0.1) is 0 Å². The van der Waals surface area contributed by atoms with Crippen molar-refractivity contribution in [3.8, 4) is 11.1 Å². The molecule has 2 N–H and O–H groups in total. The topological polar surface area (TPSA) is 76.7 Å². The van der Waals surface area contributed by atoms with Crippen molar-refractivity contribution in [2.24, 2.45) is 0 Å². The number of benzene rings is 3. The average molecular weight is 431 g/mol. The number of rotatable bonds is 5. The minimum Gasteiger partial charge on any atom is -0.448 e. The molecule has 0 atom stereocenters. The molecule has 1 aliphatic rings. The molecule has 0 fully saturated rings. The van der Waals surface area contributed by atoms with E-state index in [0.29, 0.717) is 11.3 Å². The van der Waals surface area contributed by atoms with Crippen LogP contribution in [0.3, 0.4) is 0 Å². The minimum absolute atomic E-state index is 0.00189. The Labute approximate surface area is 187 Å². The van der Waals surface area contributed by atoms with E-state index in [1.54, 1.807) is 24.3 Å². The Morgan fingerprint density at radius 2 is 1.41 bits per heavy atom. The van der Waals surface area contributed by atoms with Crippen molar-refractivity contribution in [1.82, 2.24) is 5.48 Å². The van der Waals surface area contributed by atoms with Crippen LogP contribution < -0.4 is 10.8 Å². The summed E-state index contributed by atoms with van der Waals surface area (Å²) < 4.78 is 5.55. The van der Waals surface area contributed by atoms with Gasteiger partial charge in [-0.1, -0.05) is 48.5 Å². The Kier molecular flexibility index (Phi) is 5.97. The first-order valence-electron chi connectivity index (χ1n) is 10.5. The average Bonchev–Trinajstić information content (AvgIpc) is 3.10. The Bertz CT molecular complexity index is 1090. The lowest BCUT2D eigenvalue weighted by molar-refractivity contribution is -0.0589. The quantitative estimate of drug-likeness (QED) is 0.524. The summed E-state index contributed by atoms with van der Waals surface area (Å²) in [5, 5.41) is 2.71. The van der Waals surface area contributed by atoms with Crippen LogP contribution in [0.5, 0.6) is 0 Å². The lowest BCUT2D eigenvalue weighted by atomic mass is 9.98. The molecule has 0 spiro atoms. The highest BCUT2D eigenvalue weighted by molar-refractivity contribution is 5.94. The van der Waals surface area contributed by atoms with Gasteiger partial charge in [0.25, 0.3) is 5.91 Å². The van der Waals surface area contributed by atoms with Crippen molar-refractivity contribution in [1.29, 1.82) is 0 Å². The summed E-state index contributed by atoms with van der Waals surface area (Å²) in [6.07, 6.45) is -0.542. The maximum absolute atomic E-state index is 12.4. The van der Waals surface area contributed by atoms with Crippen LogP contribution >= 0.6 is 0 Å². The summed E-state index contributed by atoms with van der Waals surface area (Å²) in [6.45, 7) is 5.77. The number of amides is 2. The molecule has 0 aliphatic heterocycles. The summed E-state index contributed by atoms with van der Waals surface area (Å²) in [5.74, 6) is -0.352. The lowest BCUT2D eigenvalue weighted by Gasteiger charge is -2.19. The number of fused-ring (bicyclic) bond motifs is 3. The number of ether oxygens (including phenoxy) is 1. The fourth-order valence-electron chi connectivity index (χ4n) is 3.72. The van der Waals surface area contributed by atoms with E-state index >= 15 is 0 Å². The van der Waals surface area contributed by atoms with Crippen LogP contribution in [0.25, 0.3) is 11.1 Å². The van der Waals surface area contributed by atoms with Gasteiger partial charge in [0.2, 0.25) is 0 Å². The van der Waals surface area contributed by atoms with Gasteiger partial charge in [0.1, 0.15) is 6.61 Å². The van der Waals surface area contributed by atoms with Crippen LogP contribution in [0.4, 0.5) is 10.5 Å². The van der Waals surface area contributed by atoms with Crippen molar-refractivity contribution in [3.05, 3.63) is 89.5 Å². The third kappa shape index (κ3) is 4.81. The second-order valence-corrected chi connectivity index (χ2v) is 8.67. The van der Waals surface area contributed by atoms with Crippen molar-refractivity contribution < 1.29 is 19.2 Å². The molecule has 32 heavy (non-hydrogen) atoms. The van der Waals surface area contributed by atoms with E-state index in [-0.39, 0.29) is 18.4 Å². The summed E-state index contributed by atoms with van der Waals surface area (Å²) in [4.78, 5) is 29.8. The Hall–Kier alpha value is -3.64. The maximum Gasteiger partial charge on any atom is 0.411 e. The second kappa shape index (κ2) is 8.85.